The van der Waals surface area contributed by atoms with Gasteiger partial charge in [0, 0.05) is 16.2 Å². The van der Waals surface area contributed by atoms with E-state index in [0.717, 1.165) is 27.7 Å². The molecule has 3 aromatic carbocycles. The van der Waals surface area contributed by atoms with E-state index in [4.69, 9.17) is 4.74 Å². The topological polar surface area (TPSA) is 56.2 Å². The number of rotatable bonds is 7. The molecule has 4 rings (SSSR count). The zero-order valence-corrected chi connectivity index (χ0v) is 18.4. The van der Waals surface area contributed by atoms with Gasteiger partial charge in [-0.25, -0.2) is 8.78 Å². The molecule has 0 saturated heterocycles. The van der Waals surface area contributed by atoms with Gasteiger partial charge in [-0.1, -0.05) is 52.3 Å². The fraction of sp³-hybridized carbons (Fsp3) is 0.0833. The van der Waals surface area contributed by atoms with Crippen LogP contribution in [0, 0.1) is 11.6 Å². The van der Waals surface area contributed by atoms with Crippen LogP contribution in [0.2, 0.25) is 0 Å². The van der Waals surface area contributed by atoms with Crippen molar-refractivity contribution in [3.05, 3.63) is 112 Å². The van der Waals surface area contributed by atoms with E-state index in [1.165, 1.54) is 12.1 Å². The Morgan fingerprint density at radius 1 is 1.00 bits per heavy atom. The second-order valence-electron chi connectivity index (χ2n) is 6.98. The van der Waals surface area contributed by atoms with E-state index >= 15 is 0 Å². The Hall–Kier alpha value is -3.52. The lowest BCUT2D eigenvalue weighted by atomic mass is 10.2. The molecule has 1 heterocycles. The van der Waals surface area contributed by atoms with Gasteiger partial charge in [0.25, 0.3) is 5.91 Å². The molecule has 0 unspecified atom stereocenters. The van der Waals surface area contributed by atoms with E-state index in [1.807, 2.05) is 48.5 Å². The van der Waals surface area contributed by atoms with Crippen molar-refractivity contribution in [2.45, 2.75) is 13.2 Å². The van der Waals surface area contributed by atoms with Crippen molar-refractivity contribution in [1.29, 1.82) is 0 Å². The number of benzene rings is 3. The van der Waals surface area contributed by atoms with Crippen molar-refractivity contribution < 1.29 is 18.3 Å². The number of aromatic nitrogens is 2. The molecule has 0 spiro atoms. The van der Waals surface area contributed by atoms with Crippen LogP contribution >= 0.6 is 15.9 Å². The first-order valence-corrected chi connectivity index (χ1v) is 10.5. The van der Waals surface area contributed by atoms with Crippen molar-refractivity contribution in [1.82, 2.24) is 9.78 Å². The summed E-state index contributed by atoms with van der Waals surface area (Å²) in [5, 5.41) is 6.47. The van der Waals surface area contributed by atoms with E-state index in [2.05, 4.69) is 26.3 Å². The quantitative estimate of drug-likeness (QED) is 0.350. The SMILES string of the molecule is O=C(Nc1c(F)cccc1F)c1ccn(Cc2cc(Br)ccc2OCc2ccccc2)n1. The third-order valence-electron chi connectivity index (χ3n) is 4.67. The second-order valence-corrected chi connectivity index (χ2v) is 7.89. The number of carbonyl (C=O) groups excluding carboxylic acids is 1. The molecule has 0 aliphatic rings. The molecular formula is C24H18BrF2N3O2. The molecule has 0 saturated carbocycles. The lowest BCUT2D eigenvalue weighted by Gasteiger charge is -2.12. The average Bonchev–Trinajstić information content (AvgIpc) is 3.25. The van der Waals surface area contributed by atoms with Gasteiger partial charge in [-0.3, -0.25) is 9.48 Å². The minimum atomic E-state index is -0.855. The fourth-order valence-electron chi connectivity index (χ4n) is 3.09. The van der Waals surface area contributed by atoms with Crippen LogP contribution < -0.4 is 10.1 Å². The maximum Gasteiger partial charge on any atom is 0.276 e. The zero-order valence-electron chi connectivity index (χ0n) is 16.8. The van der Waals surface area contributed by atoms with Crippen LogP contribution in [0.1, 0.15) is 21.6 Å². The molecule has 162 valence electrons. The summed E-state index contributed by atoms with van der Waals surface area (Å²) >= 11 is 3.46. The number of halogens is 3. The molecule has 1 aromatic heterocycles. The van der Waals surface area contributed by atoms with Crippen LogP contribution in [-0.2, 0) is 13.2 Å². The molecule has 1 N–H and O–H groups in total. The van der Waals surface area contributed by atoms with Gasteiger partial charge in [-0.05, 0) is 42.0 Å². The highest BCUT2D eigenvalue weighted by Gasteiger charge is 2.16. The van der Waals surface area contributed by atoms with Crippen LogP contribution in [0.4, 0.5) is 14.5 Å². The van der Waals surface area contributed by atoms with Gasteiger partial charge in [0.05, 0.1) is 6.54 Å². The van der Waals surface area contributed by atoms with Crippen LogP contribution in [0.25, 0.3) is 0 Å². The van der Waals surface area contributed by atoms with Crippen molar-refractivity contribution in [2.75, 3.05) is 5.32 Å². The van der Waals surface area contributed by atoms with Crippen LogP contribution in [-0.4, -0.2) is 15.7 Å². The Labute approximate surface area is 191 Å². The minimum absolute atomic E-state index is 0.0365. The normalized spacial score (nSPS) is 10.7. The number of carbonyl (C=O) groups is 1. The second kappa shape index (κ2) is 9.74. The molecule has 8 heteroatoms. The van der Waals surface area contributed by atoms with Gasteiger partial charge in [0.15, 0.2) is 5.69 Å². The lowest BCUT2D eigenvalue weighted by Crippen LogP contribution is -2.15. The molecule has 4 aromatic rings. The number of nitrogens with one attached hydrogen (secondary N) is 1. The summed E-state index contributed by atoms with van der Waals surface area (Å²) < 4.78 is 36.0. The highest BCUT2D eigenvalue weighted by atomic mass is 79.9. The Morgan fingerprint density at radius 3 is 2.50 bits per heavy atom. The Kier molecular flexibility index (Phi) is 6.61. The van der Waals surface area contributed by atoms with Crippen molar-refractivity contribution >= 4 is 27.5 Å². The Balaban J connectivity index is 1.48. The first-order chi connectivity index (χ1) is 15.5. The van der Waals surface area contributed by atoms with Gasteiger partial charge in [-0.2, -0.15) is 5.10 Å². The maximum absolute atomic E-state index is 13.8. The Bertz CT molecular complexity index is 1220. The molecule has 0 fully saturated rings. The zero-order chi connectivity index (χ0) is 22.5. The van der Waals surface area contributed by atoms with E-state index in [0.29, 0.717) is 18.9 Å². The van der Waals surface area contributed by atoms with Gasteiger partial charge >= 0.3 is 0 Å². The number of anilines is 1. The summed E-state index contributed by atoms with van der Waals surface area (Å²) in [5.41, 5.74) is 1.43. The van der Waals surface area contributed by atoms with E-state index in [-0.39, 0.29) is 5.69 Å². The molecule has 1 amide bonds. The van der Waals surface area contributed by atoms with Crippen LogP contribution in [0.5, 0.6) is 5.75 Å². The summed E-state index contributed by atoms with van der Waals surface area (Å²) in [5.74, 6) is -1.73. The Morgan fingerprint density at radius 2 is 1.75 bits per heavy atom. The summed E-state index contributed by atoms with van der Waals surface area (Å²) in [6.45, 7) is 0.751. The number of hydrogen-bond acceptors (Lipinski definition) is 3. The van der Waals surface area contributed by atoms with E-state index in [9.17, 15) is 13.6 Å². The standard InChI is InChI=1S/C24H18BrF2N3O2/c25-18-9-10-22(32-15-16-5-2-1-3-6-16)17(13-18)14-30-12-11-21(29-30)24(31)28-23-19(26)7-4-8-20(23)27/h1-13H,14-15H2,(H,28,31). The average molecular weight is 498 g/mol. The molecule has 32 heavy (non-hydrogen) atoms. The molecule has 0 radical (unpaired) electrons. The number of amides is 1. The first kappa shape index (κ1) is 21.7. The number of hydrogen-bond donors (Lipinski definition) is 1. The number of para-hydroxylation sites is 1. The highest BCUT2D eigenvalue weighted by molar-refractivity contribution is 9.10. The number of nitrogens with zero attached hydrogens (tertiary/aromatic N) is 2. The molecular weight excluding hydrogens is 480 g/mol. The summed E-state index contributed by atoms with van der Waals surface area (Å²) in [6, 6.07) is 20.3. The maximum atomic E-state index is 13.8. The van der Waals surface area contributed by atoms with Gasteiger partial charge in [0.1, 0.15) is 29.7 Å². The first-order valence-electron chi connectivity index (χ1n) is 9.73. The third kappa shape index (κ3) is 5.20. The molecule has 5 nitrogen and oxygen atoms in total. The highest BCUT2D eigenvalue weighted by Crippen LogP contribution is 2.25. The van der Waals surface area contributed by atoms with Gasteiger partial charge < -0.3 is 10.1 Å². The smallest absolute Gasteiger partial charge is 0.276 e. The lowest BCUT2D eigenvalue weighted by molar-refractivity contribution is 0.102. The van der Waals surface area contributed by atoms with Crippen molar-refractivity contribution in [2.24, 2.45) is 0 Å². The largest absolute Gasteiger partial charge is 0.489 e. The number of ether oxygens (including phenoxy) is 1. The molecule has 0 atom stereocenters. The van der Waals surface area contributed by atoms with Gasteiger partial charge in [0.2, 0.25) is 0 Å². The molecule has 0 aliphatic heterocycles. The predicted molar refractivity (Wildman–Crippen MR) is 121 cm³/mol. The monoisotopic (exact) mass is 497 g/mol. The van der Waals surface area contributed by atoms with Crippen LogP contribution in [0.15, 0.2) is 83.5 Å². The summed E-state index contributed by atoms with van der Waals surface area (Å²) in [6.07, 6.45) is 1.62. The molecule has 0 bridgehead atoms. The fourth-order valence-corrected chi connectivity index (χ4v) is 3.50. The van der Waals surface area contributed by atoms with Crippen LogP contribution in [0.3, 0.4) is 0 Å². The molecule has 0 aliphatic carbocycles. The van der Waals surface area contributed by atoms with E-state index in [1.54, 1.807) is 10.9 Å². The van der Waals surface area contributed by atoms with Crippen molar-refractivity contribution in [3.63, 3.8) is 0 Å². The van der Waals surface area contributed by atoms with Gasteiger partial charge in [-0.15, -0.1) is 0 Å². The summed E-state index contributed by atoms with van der Waals surface area (Å²) in [4.78, 5) is 12.4. The van der Waals surface area contributed by atoms with Crippen molar-refractivity contribution in [3.8, 4) is 5.75 Å². The third-order valence-corrected chi connectivity index (χ3v) is 5.16. The predicted octanol–water partition coefficient (Wildman–Crippen LogP) is 5.80. The summed E-state index contributed by atoms with van der Waals surface area (Å²) in [7, 11) is 0. The minimum Gasteiger partial charge on any atom is -0.489 e. The van der Waals surface area contributed by atoms with E-state index < -0.39 is 23.2 Å².